The van der Waals surface area contributed by atoms with Crippen molar-refractivity contribution in [2.24, 2.45) is 0 Å². The summed E-state index contributed by atoms with van der Waals surface area (Å²) >= 11 is 0. The molecule has 9 rings (SSSR count). The van der Waals surface area contributed by atoms with Crippen LogP contribution in [0.4, 0.5) is 0 Å². The molecule has 7 aromatic rings. The van der Waals surface area contributed by atoms with E-state index in [9.17, 15) is 0 Å². The maximum atomic E-state index is 6.52. The van der Waals surface area contributed by atoms with E-state index in [0.29, 0.717) is 72.3 Å². The number of hydrogen-bond donors (Lipinski definition) is 2. The summed E-state index contributed by atoms with van der Waals surface area (Å²) in [6.45, 7) is 11.7. The second-order valence-corrected chi connectivity index (χ2v) is 26.6. The van der Waals surface area contributed by atoms with Crippen LogP contribution in [0.15, 0.2) is 72.8 Å². The Labute approximate surface area is 552 Å². The Bertz CT molecular complexity index is 3230. The first kappa shape index (κ1) is 69.8. The molecule has 0 unspecified atom stereocenters. The number of H-pyrrole nitrogens is 2. The minimum absolute atomic E-state index is 0.539. The molecule has 3 aromatic heterocycles. The van der Waals surface area contributed by atoms with Gasteiger partial charge < -0.3 is 28.9 Å². The summed E-state index contributed by atoms with van der Waals surface area (Å²) in [5.41, 5.74) is 5.97. The van der Waals surface area contributed by atoms with E-state index in [1.807, 2.05) is 0 Å². The molecular formula is C80H114N8O4. The van der Waals surface area contributed by atoms with Crippen molar-refractivity contribution in [1.29, 1.82) is 0 Å². The highest BCUT2D eigenvalue weighted by Gasteiger charge is 2.24. The third-order valence-electron chi connectivity index (χ3n) is 18.8. The van der Waals surface area contributed by atoms with Crippen molar-refractivity contribution in [3.63, 3.8) is 0 Å². The standard InChI is InChI=1S/C80H114N8O4/c1-5-9-13-17-21-25-29-33-37-41-53-89-61-45-49-65-69(57-61)77-81-73(65)86-78-71-59-63(91-55-43-39-35-31-27-23-19-15-11-7-3)47-51-67(71)75(83-78)88-80-72-60-64(92-56-44-40-36-32-28-24-20-16-12-8-4)48-52-68(72)76(84-80)87-79-70-58-62(46-50-66(70)74(82-79)85-77)90-54-42-38-34-30-26-22-18-14-10-6-2/h45-52,57-60H,5-44,53-56H2,1-4H3,(H2,81,82,83,84,85,86,87,88). The molecule has 0 saturated heterocycles. The molecule has 2 aliphatic rings. The molecule has 0 aliphatic carbocycles. The number of benzene rings is 4. The lowest BCUT2D eigenvalue weighted by atomic mass is 10.1. The molecule has 5 heterocycles. The number of nitrogens with one attached hydrogen (secondary N) is 2. The first-order valence-electron chi connectivity index (χ1n) is 37.4. The van der Waals surface area contributed by atoms with Gasteiger partial charge in [0.2, 0.25) is 0 Å². The number of nitrogens with zero attached hydrogens (tertiary/aromatic N) is 6. The van der Waals surface area contributed by atoms with Crippen LogP contribution in [0.3, 0.4) is 0 Å². The molecule has 498 valence electrons. The number of aromatic nitrogens is 8. The van der Waals surface area contributed by atoms with Crippen LogP contribution in [0.5, 0.6) is 23.0 Å². The Hall–Kier alpha value is -6.56. The Kier molecular flexibility index (Phi) is 30.2. The van der Waals surface area contributed by atoms with Gasteiger partial charge in [-0.05, 0) is 98.5 Å². The van der Waals surface area contributed by atoms with E-state index in [0.717, 1.165) is 118 Å². The van der Waals surface area contributed by atoms with E-state index in [-0.39, 0.29) is 0 Å². The van der Waals surface area contributed by atoms with Gasteiger partial charge in [-0.2, -0.15) is 0 Å². The Morgan fingerprint density at radius 2 is 0.457 bits per heavy atom. The van der Waals surface area contributed by atoms with Gasteiger partial charge in [0, 0.05) is 43.8 Å². The molecule has 0 atom stereocenters. The van der Waals surface area contributed by atoms with E-state index in [1.165, 1.54) is 205 Å². The van der Waals surface area contributed by atoms with E-state index in [2.05, 4.69) is 110 Å². The maximum absolute atomic E-state index is 6.52. The Morgan fingerprint density at radius 3 is 0.739 bits per heavy atom. The zero-order valence-electron chi connectivity index (χ0n) is 57.4. The van der Waals surface area contributed by atoms with Crippen LogP contribution in [0.25, 0.3) is 89.7 Å². The largest absolute Gasteiger partial charge is 0.494 e. The Morgan fingerprint density at radius 1 is 0.228 bits per heavy atom. The third kappa shape index (κ3) is 21.8. The summed E-state index contributed by atoms with van der Waals surface area (Å²) in [5.74, 6) is 5.34. The summed E-state index contributed by atoms with van der Waals surface area (Å²) in [7, 11) is 0. The fourth-order valence-corrected chi connectivity index (χ4v) is 13.2. The molecule has 0 amide bonds. The van der Waals surface area contributed by atoms with Gasteiger partial charge in [-0.25, -0.2) is 29.9 Å². The highest BCUT2D eigenvalue weighted by molar-refractivity contribution is 6.07. The van der Waals surface area contributed by atoms with Gasteiger partial charge in [-0.1, -0.05) is 259 Å². The van der Waals surface area contributed by atoms with Crippen molar-refractivity contribution in [1.82, 2.24) is 39.9 Å². The molecule has 0 radical (unpaired) electrons. The molecule has 2 aliphatic heterocycles. The predicted molar refractivity (Wildman–Crippen MR) is 385 cm³/mol. The topological polar surface area (TPSA) is 146 Å². The Balaban J connectivity index is 1.04. The van der Waals surface area contributed by atoms with E-state index in [1.54, 1.807) is 0 Å². The normalized spacial score (nSPS) is 11.9. The fourth-order valence-electron chi connectivity index (χ4n) is 13.2. The first-order chi connectivity index (χ1) is 45.5. The van der Waals surface area contributed by atoms with Crippen LogP contribution >= 0.6 is 0 Å². The summed E-state index contributed by atoms with van der Waals surface area (Å²) in [5, 5.41) is 3.56. The van der Waals surface area contributed by atoms with Crippen LogP contribution in [-0.4, -0.2) is 66.3 Å². The van der Waals surface area contributed by atoms with Gasteiger partial charge in [-0.3, -0.25) is 0 Å². The quantitative estimate of drug-likeness (QED) is 0.0354. The molecule has 8 bridgehead atoms. The zero-order chi connectivity index (χ0) is 63.6. The molecule has 4 aromatic carbocycles. The van der Waals surface area contributed by atoms with Gasteiger partial charge in [-0.15, -0.1) is 0 Å². The SMILES string of the molecule is CCCCCCCCCCCCOc1ccc2c(c1)-c1nc-2nc2[nH]c(nc3nc(nc4[nH]c(n1)c1ccc(OCCCCCCCCCCCC)cc41)-c1ccc(OCCCCCCCCCCCC)cc1-3)c1ccc(OCCCCCCCCCCCC)cc21. The van der Waals surface area contributed by atoms with Crippen LogP contribution < -0.4 is 18.9 Å². The molecule has 2 N–H and O–H groups in total. The van der Waals surface area contributed by atoms with Gasteiger partial charge in [0.25, 0.3) is 0 Å². The van der Waals surface area contributed by atoms with Crippen LogP contribution in [0.2, 0.25) is 0 Å². The average molecular weight is 1250 g/mol. The third-order valence-corrected chi connectivity index (χ3v) is 18.8. The minimum Gasteiger partial charge on any atom is -0.494 e. The lowest BCUT2D eigenvalue weighted by molar-refractivity contribution is 0.304. The van der Waals surface area contributed by atoms with Gasteiger partial charge in [0.1, 0.15) is 45.6 Å². The second kappa shape index (κ2) is 39.9. The van der Waals surface area contributed by atoms with E-state index < -0.39 is 0 Å². The lowest BCUT2D eigenvalue weighted by Gasteiger charge is -2.08. The number of rotatable bonds is 48. The number of aromatic amines is 2. The van der Waals surface area contributed by atoms with Crippen molar-refractivity contribution in [3.8, 4) is 68.5 Å². The van der Waals surface area contributed by atoms with Crippen LogP contribution in [-0.2, 0) is 0 Å². The van der Waals surface area contributed by atoms with E-state index >= 15 is 0 Å². The van der Waals surface area contributed by atoms with Crippen LogP contribution in [0, 0.1) is 0 Å². The summed E-state index contributed by atoms with van der Waals surface area (Å²) in [4.78, 5) is 39.6. The fraction of sp³-hybridized carbons (Fsp3) is 0.600. The number of unbranched alkanes of at least 4 members (excludes halogenated alkanes) is 36. The van der Waals surface area contributed by atoms with Crippen molar-refractivity contribution < 1.29 is 18.9 Å². The summed E-state index contributed by atoms with van der Waals surface area (Å²) in [6.07, 6.45) is 51.0. The highest BCUT2D eigenvalue weighted by Crippen LogP contribution is 2.40. The van der Waals surface area contributed by atoms with Crippen LogP contribution in [0.1, 0.15) is 285 Å². The monoisotopic (exact) mass is 1250 g/mol. The van der Waals surface area contributed by atoms with Crippen molar-refractivity contribution in [3.05, 3.63) is 72.8 Å². The average Bonchev–Trinajstić information content (AvgIpc) is 1.61. The number of hydrogen-bond acceptors (Lipinski definition) is 10. The van der Waals surface area contributed by atoms with Crippen molar-refractivity contribution >= 4 is 44.1 Å². The number of ether oxygens (including phenoxy) is 4. The molecule has 12 heteroatoms. The molecule has 12 nitrogen and oxygen atoms in total. The number of fused-ring (bicyclic) bond motifs is 20. The molecular weight excluding hydrogens is 1140 g/mol. The minimum atomic E-state index is 0.539. The molecule has 92 heavy (non-hydrogen) atoms. The molecule has 0 saturated carbocycles. The maximum Gasteiger partial charge on any atom is 0.164 e. The summed E-state index contributed by atoms with van der Waals surface area (Å²) in [6, 6.07) is 25.0. The van der Waals surface area contributed by atoms with Gasteiger partial charge in [0.15, 0.2) is 23.3 Å². The van der Waals surface area contributed by atoms with Gasteiger partial charge >= 0.3 is 0 Å². The summed E-state index contributed by atoms with van der Waals surface area (Å²) < 4.78 is 26.1. The van der Waals surface area contributed by atoms with Crippen molar-refractivity contribution in [2.75, 3.05) is 26.4 Å². The highest BCUT2D eigenvalue weighted by atomic mass is 16.5. The zero-order valence-corrected chi connectivity index (χ0v) is 57.4. The first-order valence-corrected chi connectivity index (χ1v) is 37.4. The predicted octanol–water partition coefficient (Wildman–Crippen LogP) is 24.1. The molecule has 0 fully saturated rings. The van der Waals surface area contributed by atoms with Crippen molar-refractivity contribution in [2.45, 2.75) is 285 Å². The van der Waals surface area contributed by atoms with Gasteiger partial charge in [0.05, 0.1) is 26.4 Å². The van der Waals surface area contributed by atoms with E-state index in [4.69, 9.17) is 48.9 Å². The molecule has 0 spiro atoms. The smallest absolute Gasteiger partial charge is 0.164 e. The lowest BCUT2D eigenvalue weighted by Crippen LogP contribution is -1.97. The second-order valence-electron chi connectivity index (χ2n) is 26.6.